The van der Waals surface area contributed by atoms with Crippen LogP contribution in [0.15, 0.2) is 34.8 Å². The molecular formula is C16H19BrN2. The van der Waals surface area contributed by atoms with E-state index < -0.39 is 0 Å². The molecule has 0 aliphatic heterocycles. The summed E-state index contributed by atoms with van der Waals surface area (Å²) in [7, 11) is 0. The lowest BCUT2D eigenvalue weighted by Gasteiger charge is -2.14. The summed E-state index contributed by atoms with van der Waals surface area (Å²) in [5.74, 6) is 0. The van der Waals surface area contributed by atoms with Gasteiger partial charge in [-0.2, -0.15) is 0 Å². The zero-order chi connectivity index (χ0) is 14.0. The average Bonchev–Trinajstić information content (AvgIpc) is 2.30. The molecule has 0 bridgehead atoms. The highest BCUT2D eigenvalue weighted by atomic mass is 79.9. The molecule has 0 fully saturated rings. The van der Waals surface area contributed by atoms with E-state index in [-0.39, 0.29) is 0 Å². The minimum Gasteiger partial charge on any atom is -0.397 e. The fourth-order valence-electron chi connectivity index (χ4n) is 2.37. The van der Waals surface area contributed by atoms with Gasteiger partial charge in [-0.05, 0) is 55.7 Å². The van der Waals surface area contributed by atoms with E-state index >= 15 is 0 Å². The van der Waals surface area contributed by atoms with E-state index in [1.165, 1.54) is 22.3 Å². The molecule has 19 heavy (non-hydrogen) atoms. The van der Waals surface area contributed by atoms with Crippen LogP contribution in [0.5, 0.6) is 0 Å². The average molecular weight is 319 g/mol. The third-order valence-corrected chi connectivity index (χ3v) is 3.80. The SMILES string of the molecule is Cc1cc(C)c(CNc2ccc(Br)cc2N)c(C)c1. The highest BCUT2D eigenvalue weighted by Crippen LogP contribution is 2.24. The van der Waals surface area contributed by atoms with Gasteiger partial charge in [0.25, 0.3) is 0 Å². The monoisotopic (exact) mass is 318 g/mol. The second-order valence-corrected chi connectivity index (χ2v) is 5.88. The minimum absolute atomic E-state index is 0.761. The molecule has 2 rings (SSSR count). The van der Waals surface area contributed by atoms with Crippen molar-refractivity contribution in [2.75, 3.05) is 11.1 Å². The Kier molecular flexibility index (Phi) is 4.15. The summed E-state index contributed by atoms with van der Waals surface area (Å²) < 4.78 is 0.998. The number of benzene rings is 2. The third kappa shape index (κ3) is 3.29. The van der Waals surface area contributed by atoms with Gasteiger partial charge in [0.1, 0.15) is 0 Å². The molecule has 100 valence electrons. The molecule has 0 spiro atoms. The number of nitrogens with two attached hydrogens (primary N) is 1. The number of nitrogen functional groups attached to an aromatic ring is 1. The van der Waals surface area contributed by atoms with Crippen LogP contribution in [-0.2, 0) is 6.54 Å². The van der Waals surface area contributed by atoms with Crippen molar-refractivity contribution >= 4 is 27.3 Å². The molecule has 0 aromatic heterocycles. The van der Waals surface area contributed by atoms with Gasteiger partial charge < -0.3 is 11.1 Å². The van der Waals surface area contributed by atoms with Crippen molar-refractivity contribution in [2.24, 2.45) is 0 Å². The lowest BCUT2D eigenvalue weighted by Crippen LogP contribution is -2.05. The molecule has 0 heterocycles. The van der Waals surface area contributed by atoms with Gasteiger partial charge in [0.15, 0.2) is 0 Å². The Morgan fingerprint density at radius 3 is 2.26 bits per heavy atom. The van der Waals surface area contributed by atoms with Crippen LogP contribution < -0.4 is 11.1 Å². The van der Waals surface area contributed by atoms with Crippen molar-refractivity contribution in [3.05, 3.63) is 57.1 Å². The zero-order valence-electron chi connectivity index (χ0n) is 11.5. The lowest BCUT2D eigenvalue weighted by atomic mass is 10.00. The minimum atomic E-state index is 0.761. The molecule has 0 amide bonds. The number of aryl methyl sites for hydroxylation is 3. The van der Waals surface area contributed by atoms with Gasteiger partial charge in [-0.15, -0.1) is 0 Å². The number of nitrogens with one attached hydrogen (secondary N) is 1. The highest BCUT2D eigenvalue weighted by molar-refractivity contribution is 9.10. The van der Waals surface area contributed by atoms with Crippen LogP contribution in [-0.4, -0.2) is 0 Å². The van der Waals surface area contributed by atoms with E-state index in [0.717, 1.165) is 22.4 Å². The summed E-state index contributed by atoms with van der Waals surface area (Å²) in [5, 5.41) is 3.41. The van der Waals surface area contributed by atoms with Crippen molar-refractivity contribution in [3.8, 4) is 0 Å². The first kappa shape index (κ1) is 13.9. The molecule has 0 unspecified atom stereocenters. The fraction of sp³-hybridized carbons (Fsp3) is 0.250. The van der Waals surface area contributed by atoms with Gasteiger partial charge in [-0.3, -0.25) is 0 Å². The summed E-state index contributed by atoms with van der Waals surface area (Å²) in [6, 6.07) is 10.3. The van der Waals surface area contributed by atoms with E-state index in [2.05, 4.69) is 54.2 Å². The molecule has 0 saturated heterocycles. The van der Waals surface area contributed by atoms with Crippen molar-refractivity contribution < 1.29 is 0 Å². The number of rotatable bonds is 3. The van der Waals surface area contributed by atoms with Crippen LogP contribution in [0.1, 0.15) is 22.3 Å². The zero-order valence-corrected chi connectivity index (χ0v) is 13.1. The Morgan fingerprint density at radius 1 is 1.05 bits per heavy atom. The lowest BCUT2D eigenvalue weighted by molar-refractivity contribution is 1.08. The van der Waals surface area contributed by atoms with Crippen molar-refractivity contribution in [2.45, 2.75) is 27.3 Å². The number of hydrogen-bond acceptors (Lipinski definition) is 2. The maximum atomic E-state index is 5.99. The molecule has 3 heteroatoms. The molecule has 0 radical (unpaired) electrons. The molecule has 0 aliphatic carbocycles. The van der Waals surface area contributed by atoms with Gasteiger partial charge in [0.2, 0.25) is 0 Å². The van der Waals surface area contributed by atoms with Crippen LogP contribution in [0.3, 0.4) is 0 Å². The van der Waals surface area contributed by atoms with Crippen LogP contribution in [0.4, 0.5) is 11.4 Å². The molecule has 2 aromatic carbocycles. The van der Waals surface area contributed by atoms with Crippen molar-refractivity contribution in [1.29, 1.82) is 0 Å². The van der Waals surface area contributed by atoms with Gasteiger partial charge in [0, 0.05) is 11.0 Å². The predicted molar refractivity (Wildman–Crippen MR) is 86.5 cm³/mol. The number of hydrogen-bond donors (Lipinski definition) is 2. The Hall–Kier alpha value is -1.48. The highest BCUT2D eigenvalue weighted by Gasteiger charge is 2.05. The van der Waals surface area contributed by atoms with Crippen LogP contribution in [0.25, 0.3) is 0 Å². The largest absolute Gasteiger partial charge is 0.397 e. The topological polar surface area (TPSA) is 38.0 Å². The van der Waals surface area contributed by atoms with E-state index in [1.54, 1.807) is 0 Å². The van der Waals surface area contributed by atoms with Gasteiger partial charge in [-0.1, -0.05) is 33.6 Å². The first-order valence-corrected chi connectivity index (χ1v) is 7.12. The third-order valence-electron chi connectivity index (χ3n) is 3.31. The van der Waals surface area contributed by atoms with Crippen molar-refractivity contribution in [1.82, 2.24) is 0 Å². The quantitative estimate of drug-likeness (QED) is 0.813. The summed E-state index contributed by atoms with van der Waals surface area (Å²) in [6.45, 7) is 7.23. The maximum Gasteiger partial charge on any atom is 0.0577 e. The molecule has 3 N–H and O–H groups in total. The molecule has 0 saturated carbocycles. The standard InChI is InChI=1S/C16H19BrN2/c1-10-6-11(2)14(12(3)7-10)9-19-16-5-4-13(17)8-15(16)18/h4-8,19H,9,18H2,1-3H3. The smallest absolute Gasteiger partial charge is 0.0577 e. The van der Waals surface area contributed by atoms with Crippen LogP contribution in [0.2, 0.25) is 0 Å². The van der Waals surface area contributed by atoms with E-state index in [9.17, 15) is 0 Å². The fourth-order valence-corrected chi connectivity index (χ4v) is 2.75. The molecule has 0 atom stereocenters. The molecule has 2 nitrogen and oxygen atoms in total. The van der Waals surface area contributed by atoms with Crippen LogP contribution in [0, 0.1) is 20.8 Å². The summed E-state index contributed by atoms with van der Waals surface area (Å²) in [4.78, 5) is 0. The Balaban J connectivity index is 2.19. The summed E-state index contributed by atoms with van der Waals surface area (Å²) in [5.41, 5.74) is 13.0. The maximum absolute atomic E-state index is 5.99. The first-order chi connectivity index (χ1) is 8.97. The predicted octanol–water partition coefficient (Wildman–Crippen LogP) is 4.57. The molecule has 0 aliphatic rings. The second kappa shape index (κ2) is 5.66. The number of halogens is 1. The second-order valence-electron chi connectivity index (χ2n) is 4.96. The van der Waals surface area contributed by atoms with Gasteiger partial charge in [0.05, 0.1) is 11.4 Å². The van der Waals surface area contributed by atoms with Gasteiger partial charge in [-0.25, -0.2) is 0 Å². The molecular weight excluding hydrogens is 300 g/mol. The van der Waals surface area contributed by atoms with E-state index in [1.807, 2.05) is 18.2 Å². The van der Waals surface area contributed by atoms with Gasteiger partial charge >= 0.3 is 0 Å². The molecule has 2 aromatic rings. The Labute approximate surface area is 123 Å². The summed E-state index contributed by atoms with van der Waals surface area (Å²) >= 11 is 3.42. The number of anilines is 2. The van der Waals surface area contributed by atoms with Crippen molar-refractivity contribution in [3.63, 3.8) is 0 Å². The summed E-state index contributed by atoms with van der Waals surface area (Å²) in [6.07, 6.45) is 0. The normalized spacial score (nSPS) is 10.5. The van der Waals surface area contributed by atoms with E-state index in [4.69, 9.17) is 5.73 Å². The Bertz CT molecular complexity index is 583. The first-order valence-electron chi connectivity index (χ1n) is 6.33. The van der Waals surface area contributed by atoms with Crippen LogP contribution >= 0.6 is 15.9 Å². The Morgan fingerprint density at radius 2 is 1.68 bits per heavy atom. The van der Waals surface area contributed by atoms with E-state index in [0.29, 0.717) is 0 Å².